The molecule has 4 heteroatoms. The molecule has 0 saturated heterocycles. The quantitative estimate of drug-likeness (QED) is 0.752. The Hall–Kier alpha value is -1.29. The summed E-state index contributed by atoms with van der Waals surface area (Å²) in [6.45, 7) is 4.74. The van der Waals surface area contributed by atoms with Gasteiger partial charge in [-0.05, 0) is 38.8 Å². The van der Waals surface area contributed by atoms with Gasteiger partial charge < -0.3 is 15.8 Å². The Balaban J connectivity index is 2.48. The van der Waals surface area contributed by atoms with Gasteiger partial charge in [-0.15, -0.1) is 0 Å². The first-order chi connectivity index (χ1) is 7.92. The lowest BCUT2D eigenvalue weighted by Gasteiger charge is -2.18. The molecule has 0 aliphatic carbocycles. The number of rotatable bonds is 6. The monoisotopic (exact) mass is 240 g/mol. The van der Waals surface area contributed by atoms with Gasteiger partial charge in [0, 0.05) is 18.2 Å². The van der Waals surface area contributed by atoms with Crippen molar-refractivity contribution in [3.05, 3.63) is 24.0 Å². The molecule has 0 fully saturated rings. The van der Waals surface area contributed by atoms with E-state index in [4.69, 9.17) is 10.5 Å². The van der Waals surface area contributed by atoms with Crippen LogP contribution in [0.5, 0.6) is 5.75 Å². The summed E-state index contributed by atoms with van der Waals surface area (Å²) < 4.78 is 18.2. The molecule has 0 bridgehead atoms. The van der Waals surface area contributed by atoms with Crippen LogP contribution >= 0.6 is 0 Å². The van der Waals surface area contributed by atoms with E-state index in [-0.39, 0.29) is 11.4 Å². The Kier molecular flexibility index (Phi) is 4.75. The number of ether oxygens (including phenoxy) is 1. The van der Waals surface area contributed by atoms with Crippen LogP contribution in [0.3, 0.4) is 0 Å². The highest BCUT2D eigenvalue weighted by Crippen LogP contribution is 2.24. The van der Waals surface area contributed by atoms with Crippen molar-refractivity contribution < 1.29 is 9.13 Å². The van der Waals surface area contributed by atoms with Gasteiger partial charge in [0.1, 0.15) is 11.6 Å². The van der Waals surface area contributed by atoms with Gasteiger partial charge >= 0.3 is 0 Å². The molecule has 0 atom stereocenters. The van der Waals surface area contributed by atoms with E-state index in [0.29, 0.717) is 11.4 Å². The SMILES string of the molecule is COc1ccc(F)cc1NCCCC(C)(C)N. The molecule has 3 nitrogen and oxygen atoms in total. The fourth-order valence-corrected chi connectivity index (χ4v) is 1.59. The Labute approximate surface area is 102 Å². The van der Waals surface area contributed by atoms with E-state index in [1.165, 1.54) is 12.1 Å². The highest BCUT2D eigenvalue weighted by atomic mass is 19.1. The van der Waals surface area contributed by atoms with E-state index in [1.807, 2.05) is 13.8 Å². The Morgan fingerprint density at radius 2 is 2.12 bits per heavy atom. The molecule has 0 radical (unpaired) electrons. The summed E-state index contributed by atoms with van der Waals surface area (Å²) in [6, 6.07) is 4.43. The minimum atomic E-state index is -0.271. The molecular formula is C13H21FN2O. The third-order valence-corrected chi connectivity index (χ3v) is 2.47. The molecule has 0 aromatic heterocycles. The topological polar surface area (TPSA) is 47.3 Å². The molecule has 0 aliphatic heterocycles. The molecule has 0 heterocycles. The van der Waals surface area contributed by atoms with Gasteiger partial charge in [-0.3, -0.25) is 0 Å². The molecule has 1 rings (SSSR count). The van der Waals surface area contributed by atoms with Gasteiger partial charge in [-0.25, -0.2) is 4.39 Å². The molecular weight excluding hydrogens is 219 g/mol. The normalized spacial score (nSPS) is 11.4. The van der Waals surface area contributed by atoms with E-state index in [0.717, 1.165) is 19.4 Å². The summed E-state index contributed by atoms with van der Waals surface area (Å²) in [4.78, 5) is 0. The summed E-state index contributed by atoms with van der Waals surface area (Å²) in [5.41, 5.74) is 6.41. The van der Waals surface area contributed by atoms with Gasteiger partial charge in [-0.1, -0.05) is 0 Å². The first-order valence-corrected chi connectivity index (χ1v) is 5.79. The number of nitrogens with two attached hydrogens (primary N) is 1. The molecule has 0 aliphatic rings. The predicted octanol–water partition coefficient (Wildman–Crippen LogP) is 2.76. The van der Waals surface area contributed by atoms with Crippen LogP contribution in [-0.4, -0.2) is 19.2 Å². The van der Waals surface area contributed by atoms with Crippen molar-refractivity contribution in [1.82, 2.24) is 0 Å². The van der Waals surface area contributed by atoms with Crippen LogP contribution in [0, 0.1) is 5.82 Å². The summed E-state index contributed by atoms with van der Waals surface area (Å²) in [7, 11) is 1.57. The smallest absolute Gasteiger partial charge is 0.142 e. The lowest BCUT2D eigenvalue weighted by Crippen LogP contribution is -2.32. The van der Waals surface area contributed by atoms with Crippen molar-refractivity contribution in [2.45, 2.75) is 32.2 Å². The summed E-state index contributed by atoms with van der Waals surface area (Å²) in [5.74, 6) is 0.380. The van der Waals surface area contributed by atoms with Crippen LogP contribution < -0.4 is 15.8 Å². The third-order valence-electron chi connectivity index (χ3n) is 2.47. The molecule has 0 spiro atoms. The molecule has 1 aromatic carbocycles. The van der Waals surface area contributed by atoms with Crippen molar-refractivity contribution in [3.8, 4) is 5.75 Å². The van der Waals surface area contributed by atoms with Gasteiger partial charge in [0.2, 0.25) is 0 Å². The number of benzene rings is 1. The number of hydrogen-bond donors (Lipinski definition) is 2. The van der Waals surface area contributed by atoms with Gasteiger partial charge in [0.05, 0.1) is 12.8 Å². The Morgan fingerprint density at radius 1 is 1.41 bits per heavy atom. The largest absolute Gasteiger partial charge is 0.495 e. The second kappa shape index (κ2) is 5.87. The van der Waals surface area contributed by atoms with Gasteiger partial charge in [0.15, 0.2) is 0 Å². The maximum Gasteiger partial charge on any atom is 0.142 e. The zero-order chi connectivity index (χ0) is 12.9. The maximum atomic E-state index is 13.1. The van der Waals surface area contributed by atoms with E-state index in [2.05, 4.69) is 5.32 Å². The molecule has 96 valence electrons. The zero-order valence-electron chi connectivity index (χ0n) is 10.7. The van der Waals surface area contributed by atoms with Crippen molar-refractivity contribution in [3.63, 3.8) is 0 Å². The second-order valence-electron chi connectivity index (χ2n) is 4.86. The van der Waals surface area contributed by atoms with Crippen molar-refractivity contribution in [2.24, 2.45) is 5.73 Å². The molecule has 0 saturated carbocycles. The molecule has 0 amide bonds. The second-order valence-corrected chi connectivity index (χ2v) is 4.86. The van der Waals surface area contributed by atoms with Crippen LogP contribution in [0.15, 0.2) is 18.2 Å². The zero-order valence-corrected chi connectivity index (χ0v) is 10.7. The van der Waals surface area contributed by atoms with Crippen molar-refractivity contribution >= 4 is 5.69 Å². The lowest BCUT2D eigenvalue weighted by molar-refractivity contribution is 0.415. The number of halogens is 1. The minimum absolute atomic E-state index is 0.159. The van der Waals surface area contributed by atoms with Crippen molar-refractivity contribution in [2.75, 3.05) is 19.0 Å². The highest BCUT2D eigenvalue weighted by Gasteiger charge is 2.10. The molecule has 1 aromatic rings. The van der Waals surface area contributed by atoms with Crippen LogP contribution in [0.4, 0.5) is 10.1 Å². The van der Waals surface area contributed by atoms with Crippen molar-refractivity contribution in [1.29, 1.82) is 0 Å². The summed E-state index contributed by atoms with van der Waals surface area (Å²) >= 11 is 0. The first kappa shape index (κ1) is 13.8. The fraction of sp³-hybridized carbons (Fsp3) is 0.538. The maximum absolute atomic E-state index is 13.1. The predicted molar refractivity (Wildman–Crippen MR) is 68.9 cm³/mol. The van der Waals surface area contributed by atoms with E-state index in [1.54, 1.807) is 13.2 Å². The standard InChI is InChI=1S/C13H21FN2O/c1-13(2,15)7-4-8-16-11-9-10(14)5-6-12(11)17-3/h5-6,9,16H,4,7-8,15H2,1-3H3. The van der Waals surface area contributed by atoms with Crippen LogP contribution in [0.25, 0.3) is 0 Å². The van der Waals surface area contributed by atoms with E-state index in [9.17, 15) is 4.39 Å². The summed E-state index contributed by atoms with van der Waals surface area (Å²) in [5, 5.41) is 3.16. The average Bonchev–Trinajstić information content (AvgIpc) is 2.23. The lowest BCUT2D eigenvalue weighted by atomic mass is 10.0. The number of hydrogen-bond acceptors (Lipinski definition) is 3. The van der Waals surface area contributed by atoms with Gasteiger partial charge in [0.25, 0.3) is 0 Å². The number of anilines is 1. The van der Waals surface area contributed by atoms with E-state index >= 15 is 0 Å². The highest BCUT2D eigenvalue weighted by molar-refractivity contribution is 5.56. The third kappa shape index (κ3) is 5.04. The number of nitrogens with one attached hydrogen (secondary N) is 1. The van der Waals surface area contributed by atoms with Gasteiger partial charge in [-0.2, -0.15) is 0 Å². The molecule has 17 heavy (non-hydrogen) atoms. The van der Waals surface area contributed by atoms with Crippen LogP contribution in [0.1, 0.15) is 26.7 Å². The Morgan fingerprint density at radius 3 is 2.71 bits per heavy atom. The van der Waals surface area contributed by atoms with E-state index < -0.39 is 0 Å². The number of methoxy groups -OCH3 is 1. The Bertz CT molecular complexity index is 361. The van der Waals surface area contributed by atoms with Crippen LogP contribution in [-0.2, 0) is 0 Å². The molecule has 0 unspecified atom stereocenters. The average molecular weight is 240 g/mol. The summed E-state index contributed by atoms with van der Waals surface area (Å²) in [6.07, 6.45) is 1.85. The first-order valence-electron chi connectivity index (χ1n) is 5.79. The fourth-order valence-electron chi connectivity index (χ4n) is 1.59. The minimum Gasteiger partial charge on any atom is -0.495 e. The molecule has 3 N–H and O–H groups in total. The van der Waals surface area contributed by atoms with Crippen LogP contribution in [0.2, 0.25) is 0 Å².